The minimum Gasteiger partial charge on any atom is -0.345 e. The highest BCUT2D eigenvalue weighted by Gasteiger charge is 2.36. The van der Waals surface area contributed by atoms with E-state index in [9.17, 15) is 33.5 Å². The Bertz CT molecular complexity index is 866. The zero-order valence-electron chi connectivity index (χ0n) is 17.0. The van der Waals surface area contributed by atoms with Crippen molar-refractivity contribution in [3.05, 3.63) is 40.4 Å². The summed E-state index contributed by atoms with van der Waals surface area (Å²) in [5.74, 6) is 5.40. The van der Waals surface area contributed by atoms with Crippen LogP contribution in [0.3, 0.4) is 0 Å². The van der Waals surface area contributed by atoms with Crippen molar-refractivity contribution in [1.82, 2.24) is 5.32 Å². The van der Waals surface area contributed by atoms with Crippen LogP contribution in [0.15, 0.2) is 29.3 Å². The number of nitrogens with one attached hydrogen (secondary N) is 1. The van der Waals surface area contributed by atoms with Gasteiger partial charge >= 0.3 is 15.2 Å². The molecule has 0 atom stereocenters. The average Bonchev–Trinajstić information content (AvgIpc) is 2.65. The maximum absolute atomic E-state index is 11.8. The molecule has 0 radical (unpaired) electrons. The van der Waals surface area contributed by atoms with Crippen molar-refractivity contribution >= 4 is 27.2 Å². The van der Waals surface area contributed by atoms with Gasteiger partial charge in [0.2, 0.25) is 5.91 Å². The summed E-state index contributed by atoms with van der Waals surface area (Å²) in [7, 11) is -10.3. The van der Waals surface area contributed by atoms with Crippen LogP contribution in [0.25, 0.3) is 6.08 Å². The fourth-order valence-electron chi connectivity index (χ4n) is 2.65. The Morgan fingerprint density at radius 1 is 1.00 bits per heavy atom. The molecule has 1 amide bonds. The van der Waals surface area contributed by atoms with Crippen LogP contribution < -0.4 is 5.32 Å². The lowest BCUT2D eigenvalue weighted by Crippen LogP contribution is -2.23. The monoisotopic (exact) mass is 457 g/mol. The molecule has 1 rings (SSSR count). The SMILES string of the molecule is CCCCCCCCC(=O)NCC#Cc1ccccc1C=C(P(=O)(O)O)P(=O)(O)O. The summed E-state index contributed by atoms with van der Waals surface area (Å²) in [5.41, 5.74) is 0.479. The van der Waals surface area contributed by atoms with Crippen molar-refractivity contribution in [3.63, 3.8) is 0 Å². The van der Waals surface area contributed by atoms with Crippen LogP contribution in [0.1, 0.15) is 63.0 Å². The molecule has 0 aromatic heterocycles. The van der Waals surface area contributed by atoms with Gasteiger partial charge in [-0.05, 0) is 24.1 Å². The number of unbranched alkanes of at least 4 members (excludes halogenated alkanes) is 5. The van der Waals surface area contributed by atoms with Gasteiger partial charge in [0.25, 0.3) is 0 Å². The first-order chi connectivity index (χ1) is 14.1. The van der Waals surface area contributed by atoms with Crippen molar-refractivity contribution < 1.29 is 33.5 Å². The molecule has 10 heteroatoms. The Hall–Kier alpha value is -1.71. The number of hydrogen-bond donors (Lipinski definition) is 5. The lowest BCUT2D eigenvalue weighted by molar-refractivity contribution is -0.120. The summed E-state index contributed by atoms with van der Waals surface area (Å²) in [6.45, 7) is 2.24. The average molecular weight is 457 g/mol. The van der Waals surface area contributed by atoms with E-state index in [1.807, 2.05) is 0 Å². The van der Waals surface area contributed by atoms with Crippen molar-refractivity contribution in [2.24, 2.45) is 0 Å². The summed E-state index contributed by atoms with van der Waals surface area (Å²) in [6.07, 6.45) is 7.73. The summed E-state index contributed by atoms with van der Waals surface area (Å²) in [4.78, 5) is 48.8. The zero-order chi connectivity index (χ0) is 22.6. The van der Waals surface area contributed by atoms with Crippen LogP contribution in [0.4, 0.5) is 0 Å². The Morgan fingerprint density at radius 2 is 1.60 bits per heavy atom. The topological polar surface area (TPSA) is 144 Å². The van der Waals surface area contributed by atoms with E-state index in [1.54, 1.807) is 18.2 Å². The van der Waals surface area contributed by atoms with Crippen molar-refractivity contribution in [3.8, 4) is 11.8 Å². The van der Waals surface area contributed by atoms with Crippen LogP contribution in [0.2, 0.25) is 0 Å². The predicted octanol–water partition coefficient (Wildman–Crippen LogP) is 3.56. The second-order valence-corrected chi connectivity index (χ2v) is 10.3. The zero-order valence-corrected chi connectivity index (χ0v) is 18.7. The highest BCUT2D eigenvalue weighted by molar-refractivity contribution is 7.77. The molecule has 0 heterocycles. The molecule has 0 saturated carbocycles. The highest BCUT2D eigenvalue weighted by Crippen LogP contribution is 2.64. The van der Waals surface area contributed by atoms with E-state index in [0.29, 0.717) is 12.0 Å². The third-order valence-corrected chi connectivity index (χ3v) is 7.21. The number of rotatable bonds is 11. The van der Waals surface area contributed by atoms with Crippen LogP contribution in [-0.4, -0.2) is 32.0 Å². The normalized spacial score (nSPS) is 11.4. The van der Waals surface area contributed by atoms with Crippen LogP contribution >= 0.6 is 15.2 Å². The van der Waals surface area contributed by atoms with Gasteiger partial charge in [0.05, 0.1) is 6.54 Å². The van der Waals surface area contributed by atoms with E-state index in [4.69, 9.17) is 0 Å². The molecule has 0 aliphatic carbocycles. The minimum atomic E-state index is -5.15. The lowest BCUT2D eigenvalue weighted by atomic mass is 10.1. The molecule has 1 aromatic rings. The fraction of sp³-hybridized carbons (Fsp3) is 0.450. The van der Waals surface area contributed by atoms with E-state index < -0.39 is 20.2 Å². The third kappa shape index (κ3) is 10.4. The van der Waals surface area contributed by atoms with Crippen LogP contribution in [-0.2, 0) is 13.9 Å². The minimum absolute atomic E-state index is 0.0938. The van der Waals surface area contributed by atoms with Gasteiger partial charge in [0.1, 0.15) is 0 Å². The van der Waals surface area contributed by atoms with Crippen molar-refractivity contribution in [2.45, 2.75) is 51.9 Å². The van der Waals surface area contributed by atoms with E-state index in [2.05, 4.69) is 24.1 Å². The molecule has 0 aliphatic rings. The van der Waals surface area contributed by atoms with E-state index in [0.717, 1.165) is 25.3 Å². The van der Waals surface area contributed by atoms with Crippen LogP contribution in [0.5, 0.6) is 0 Å². The molecule has 8 nitrogen and oxygen atoms in total. The van der Waals surface area contributed by atoms with Gasteiger partial charge in [-0.15, -0.1) is 0 Å². The van der Waals surface area contributed by atoms with Gasteiger partial charge in [-0.1, -0.05) is 69.1 Å². The fourth-order valence-corrected chi connectivity index (χ4v) is 4.62. The second-order valence-electron chi connectivity index (χ2n) is 6.77. The molecule has 0 unspecified atom stereocenters. The van der Waals surface area contributed by atoms with Gasteiger partial charge in [0.15, 0.2) is 5.06 Å². The van der Waals surface area contributed by atoms with Crippen LogP contribution in [0, 0.1) is 11.8 Å². The van der Waals surface area contributed by atoms with Gasteiger partial charge in [-0.25, -0.2) is 0 Å². The smallest absolute Gasteiger partial charge is 0.345 e. The predicted molar refractivity (Wildman–Crippen MR) is 116 cm³/mol. The molecule has 5 N–H and O–H groups in total. The van der Waals surface area contributed by atoms with Gasteiger partial charge in [-0.2, -0.15) is 0 Å². The number of benzene rings is 1. The first-order valence-corrected chi connectivity index (χ1v) is 13.0. The van der Waals surface area contributed by atoms with Gasteiger partial charge < -0.3 is 24.9 Å². The first kappa shape index (κ1) is 26.3. The standard InChI is InChI=1S/C20H29NO7P2/c1-2-3-4-5-6-7-14-19(22)21-15-10-13-17-11-8-9-12-18(17)16-20(29(23,24)25)30(26,27)28/h8-9,11-12,16H,2-7,14-15H2,1H3,(H,21,22)(H2,23,24,25)(H2,26,27,28). The molecule has 1 aromatic carbocycles. The maximum Gasteiger partial charge on any atom is 0.364 e. The quantitative estimate of drug-likeness (QED) is 0.194. The summed E-state index contributed by atoms with van der Waals surface area (Å²) < 4.78 is 22.9. The van der Waals surface area contributed by atoms with E-state index in [1.165, 1.54) is 25.3 Å². The highest BCUT2D eigenvalue weighted by atomic mass is 31.2. The van der Waals surface area contributed by atoms with Gasteiger partial charge in [-0.3, -0.25) is 13.9 Å². The molecular formula is C20H29NO7P2. The Balaban J connectivity index is 2.72. The number of hydrogen-bond acceptors (Lipinski definition) is 3. The van der Waals surface area contributed by atoms with E-state index in [-0.39, 0.29) is 18.0 Å². The van der Waals surface area contributed by atoms with Crippen molar-refractivity contribution in [2.75, 3.05) is 6.54 Å². The lowest BCUT2D eigenvalue weighted by Gasteiger charge is -2.11. The third-order valence-electron chi connectivity index (χ3n) is 4.20. The Labute approximate surface area is 177 Å². The summed E-state index contributed by atoms with van der Waals surface area (Å²) in [5, 5.41) is 1.42. The number of amides is 1. The molecule has 0 bridgehead atoms. The number of carbonyl (C=O) groups excluding carboxylic acids is 1. The molecule has 30 heavy (non-hydrogen) atoms. The van der Waals surface area contributed by atoms with E-state index >= 15 is 0 Å². The molecular weight excluding hydrogens is 428 g/mol. The molecule has 166 valence electrons. The Morgan fingerprint density at radius 3 is 2.23 bits per heavy atom. The summed E-state index contributed by atoms with van der Waals surface area (Å²) in [6, 6.07) is 6.17. The first-order valence-electron chi connectivity index (χ1n) is 9.74. The molecule has 0 aliphatic heterocycles. The number of carbonyl (C=O) groups is 1. The second kappa shape index (κ2) is 12.9. The maximum atomic E-state index is 11.8. The Kier molecular flexibility index (Phi) is 11.3. The molecule has 0 saturated heterocycles. The molecule has 0 spiro atoms. The van der Waals surface area contributed by atoms with Crippen molar-refractivity contribution in [1.29, 1.82) is 0 Å². The summed E-state index contributed by atoms with van der Waals surface area (Å²) >= 11 is 0. The largest absolute Gasteiger partial charge is 0.364 e. The van der Waals surface area contributed by atoms with Gasteiger partial charge in [0, 0.05) is 12.0 Å². The molecule has 0 fully saturated rings.